The topological polar surface area (TPSA) is 111 Å². The van der Waals surface area contributed by atoms with E-state index in [1.807, 2.05) is 0 Å². The maximum Gasteiger partial charge on any atom is 0.341 e. The van der Waals surface area contributed by atoms with Crippen LogP contribution in [-0.2, 0) is 0 Å². The van der Waals surface area contributed by atoms with Crippen LogP contribution in [0.2, 0.25) is 0 Å². The first-order chi connectivity index (χ1) is 12.4. The number of aliphatic hydroxyl groups excluding tert-OH is 1. The average molecular weight is 358 g/mol. The summed E-state index contributed by atoms with van der Waals surface area (Å²) in [5.74, 6) is -1.31. The molecule has 8 nitrogen and oxygen atoms in total. The molecule has 1 fully saturated rings. The third-order valence-corrected chi connectivity index (χ3v) is 4.51. The van der Waals surface area contributed by atoms with Crippen molar-refractivity contribution in [3.63, 3.8) is 0 Å². The number of β-amino-alcohol motifs (C(OH)–C–C–N with tert-alkyl or cyclic N) is 1. The number of phenolic OH excluding ortho intramolecular Hbond substituents is 1. The van der Waals surface area contributed by atoms with E-state index in [-0.39, 0.29) is 29.9 Å². The molecule has 1 aliphatic rings. The van der Waals surface area contributed by atoms with E-state index in [0.29, 0.717) is 11.4 Å². The Labute approximate surface area is 146 Å². The highest BCUT2D eigenvalue weighted by atomic mass is 19.1. The molecule has 9 heteroatoms. The Kier molecular flexibility index (Phi) is 3.73. The fourth-order valence-corrected chi connectivity index (χ4v) is 3.32. The van der Waals surface area contributed by atoms with Crippen molar-refractivity contribution in [3.05, 3.63) is 53.6 Å². The van der Waals surface area contributed by atoms with Gasteiger partial charge in [0.05, 0.1) is 18.3 Å². The molecule has 2 aromatic heterocycles. The van der Waals surface area contributed by atoms with Gasteiger partial charge in [0.1, 0.15) is 22.9 Å². The van der Waals surface area contributed by atoms with E-state index in [2.05, 4.69) is 10.1 Å². The molecule has 1 aliphatic heterocycles. The van der Waals surface area contributed by atoms with E-state index in [1.54, 1.807) is 17.2 Å². The molecule has 0 aliphatic carbocycles. The van der Waals surface area contributed by atoms with Crippen LogP contribution in [0.1, 0.15) is 28.4 Å². The van der Waals surface area contributed by atoms with Gasteiger partial charge in [0.2, 0.25) is 0 Å². The van der Waals surface area contributed by atoms with E-state index in [0.717, 1.165) is 6.07 Å². The number of aromatic hydroxyl groups is 1. The van der Waals surface area contributed by atoms with Gasteiger partial charge in [0.15, 0.2) is 5.65 Å². The summed E-state index contributed by atoms with van der Waals surface area (Å²) in [4.78, 5) is 17.4. The van der Waals surface area contributed by atoms with Gasteiger partial charge in [-0.05, 0) is 30.7 Å². The molecule has 0 amide bonds. The zero-order chi connectivity index (χ0) is 18.4. The monoisotopic (exact) mass is 358 g/mol. The van der Waals surface area contributed by atoms with Crippen LogP contribution in [-0.4, -0.2) is 48.5 Å². The highest BCUT2D eigenvalue weighted by molar-refractivity contribution is 5.94. The van der Waals surface area contributed by atoms with Crippen molar-refractivity contribution < 1.29 is 24.5 Å². The van der Waals surface area contributed by atoms with Crippen LogP contribution in [0.3, 0.4) is 0 Å². The first-order valence-electron chi connectivity index (χ1n) is 7.95. The molecule has 134 valence electrons. The molecule has 1 saturated heterocycles. The average Bonchev–Trinajstić information content (AvgIpc) is 3.19. The van der Waals surface area contributed by atoms with E-state index in [1.165, 1.54) is 22.8 Å². The predicted molar refractivity (Wildman–Crippen MR) is 88.7 cm³/mol. The van der Waals surface area contributed by atoms with Crippen LogP contribution < -0.4 is 4.90 Å². The highest BCUT2D eigenvalue weighted by Gasteiger charge is 2.35. The number of carboxylic acid groups (broad SMARTS) is 1. The maximum atomic E-state index is 13.7. The van der Waals surface area contributed by atoms with Crippen molar-refractivity contribution in [2.45, 2.75) is 18.6 Å². The van der Waals surface area contributed by atoms with Crippen molar-refractivity contribution in [3.8, 4) is 5.75 Å². The first kappa shape index (κ1) is 16.3. The molecule has 4 rings (SSSR count). The van der Waals surface area contributed by atoms with Crippen LogP contribution in [0.25, 0.3) is 5.65 Å². The molecule has 3 aromatic rings. The zero-order valence-electron chi connectivity index (χ0n) is 13.4. The van der Waals surface area contributed by atoms with E-state index in [4.69, 9.17) is 0 Å². The molecule has 0 saturated carbocycles. The van der Waals surface area contributed by atoms with Crippen LogP contribution in [0.5, 0.6) is 5.75 Å². The molecule has 2 atom stereocenters. The second-order valence-electron chi connectivity index (χ2n) is 6.18. The van der Waals surface area contributed by atoms with Crippen LogP contribution in [0, 0.1) is 5.82 Å². The van der Waals surface area contributed by atoms with Crippen molar-refractivity contribution in [2.75, 3.05) is 11.4 Å². The minimum absolute atomic E-state index is 0.0447. The number of hydrogen-bond donors (Lipinski definition) is 3. The van der Waals surface area contributed by atoms with Gasteiger partial charge >= 0.3 is 5.97 Å². The summed E-state index contributed by atoms with van der Waals surface area (Å²) in [5.41, 5.74) is 0.463. The molecule has 3 N–H and O–H groups in total. The van der Waals surface area contributed by atoms with Gasteiger partial charge in [-0.1, -0.05) is 0 Å². The smallest absolute Gasteiger partial charge is 0.341 e. The first-order valence-corrected chi connectivity index (χ1v) is 7.95. The standard InChI is InChI=1S/C17H15FN4O4/c18-9-1-2-14(24)11(5-9)13-6-10(23)8-21(13)15-3-4-22-16(20-15)12(7-19-22)17(25)26/h1-5,7,10,13,23-24H,6,8H2,(H,25,26)/t10-,13?/m1/s1. The Morgan fingerprint density at radius 1 is 1.31 bits per heavy atom. The van der Waals surface area contributed by atoms with Crippen molar-refractivity contribution in [2.24, 2.45) is 0 Å². The Morgan fingerprint density at radius 2 is 2.12 bits per heavy atom. The number of aromatic nitrogens is 3. The Balaban J connectivity index is 1.80. The van der Waals surface area contributed by atoms with E-state index < -0.39 is 23.9 Å². The molecule has 26 heavy (non-hydrogen) atoms. The fourth-order valence-electron chi connectivity index (χ4n) is 3.32. The lowest BCUT2D eigenvalue weighted by atomic mass is 10.0. The van der Waals surface area contributed by atoms with Gasteiger partial charge in [-0.15, -0.1) is 0 Å². The summed E-state index contributed by atoms with van der Waals surface area (Å²) in [6.45, 7) is 0.223. The fraction of sp³-hybridized carbons (Fsp3) is 0.235. The number of aliphatic hydroxyl groups is 1. The molecular weight excluding hydrogens is 343 g/mol. The molecule has 0 bridgehead atoms. The zero-order valence-corrected chi connectivity index (χ0v) is 13.4. The van der Waals surface area contributed by atoms with Crippen molar-refractivity contribution >= 4 is 17.4 Å². The number of carboxylic acids is 1. The number of rotatable bonds is 3. The third kappa shape index (κ3) is 2.62. The number of anilines is 1. The summed E-state index contributed by atoms with van der Waals surface area (Å²) < 4.78 is 15.0. The molecular formula is C17H15FN4O4. The van der Waals surface area contributed by atoms with Crippen LogP contribution in [0.4, 0.5) is 10.2 Å². The molecule has 3 heterocycles. The molecule has 0 radical (unpaired) electrons. The Hall–Kier alpha value is -3.20. The van der Waals surface area contributed by atoms with Gasteiger partial charge in [-0.3, -0.25) is 0 Å². The lowest BCUT2D eigenvalue weighted by molar-refractivity contribution is 0.0698. The lowest BCUT2D eigenvalue weighted by Crippen LogP contribution is -2.25. The van der Waals surface area contributed by atoms with E-state index in [9.17, 15) is 24.5 Å². The minimum atomic E-state index is -1.15. The van der Waals surface area contributed by atoms with Gasteiger partial charge in [-0.25, -0.2) is 18.7 Å². The van der Waals surface area contributed by atoms with Gasteiger partial charge in [-0.2, -0.15) is 5.10 Å². The van der Waals surface area contributed by atoms with Gasteiger partial charge in [0.25, 0.3) is 0 Å². The normalized spacial score (nSPS) is 20.0. The summed E-state index contributed by atoms with van der Waals surface area (Å²) in [7, 11) is 0. The van der Waals surface area contributed by atoms with Crippen molar-refractivity contribution in [1.29, 1.82) is 0 Å². The SMILES string of the molecule is O=C(O)c1cnn2ccc(N3C[C@H](O)CC3c3cc(F)ccc3O)nc12. The molecule has 1 unspecified atom stereocenters. The minimum Gasteiger partial charge on any atom is -0.508 e. The number of phenols is 1. The number of fused-ring (bicyclic) bond motifs is 1. The third-order valence-electron chi connectivity index (χ3n) is 4.51. The summed E-state index contributed by atoms with van der Waals surface area (Å²) in [6.07, 6.45) is 2.37. The number of benzene rings is 1. The van der Waals surface area contributed by atoms with Crippen molar-refractivity contribution in [1.82, 2.24) is 14.6 Å². The largest absolute Gasteiger partial charge is 0.508 e. The number of aromatic carboxylic acids is 1. The maximum absolute atomic E-state index is 13.7. The van der Waals surface area contributed by atoms with Gasteiger partial charge in [0, 0.05) is 18.3 Å². The van der Waals surface area contributed by atoms with Crippen LogP contribution in [0.15, 0.2) is 36.7 Å². The predicted octanol–water partition coefficient (Wildman–Crippen LogP) is 1.58. The highest BCUT2D eigenvalue weighted by Crippen LogP contribution is 2.39. The second-order valence-corrected chi connectivity index (χ2v) is 6.18. The number of carbonyl (C=O) groups is 1. The Bertz CT molecular complexity index is 1010. The molecule has 0 spiro atoms. The second kappa shape index (κ2) is 5.95. The van der Waals surface area contributed by atoms with E-state index >= 15 is 0 Å². The molecule has 1 aromatic carbocycles. The summed E-state index contributed by atoms with van der Waals surface area (Å²) in [6, 6.07) is 4.79. The lowest BCUT2D eigenvalue weighted by Gasteiger charge is -2.26. The quantitative estimate of drug-likeness (QED) is 0.652. The Morgan fingerprint density at radius 3 is 2.88 bits per heavy atom. The summed E-state index contributed by atoms with van der Waals surface area (Å²) in [5, 5.41) is 33.4. The van der Waals surface area contributed by atoms with Crippen LogP contribution >= 0.6 is 0 Å². The summed E-state index contributed by atoms with van der Waals surface area (Å²) >= 11 is 0. The number of nitrogens with zero attached hydrogens (tertiary/aromatic N) is 4. The number of hydrogen-bond acceptors (Lipinski definition) is 6. The van der Waals surface area contributed by atoms with Gasteiger partial charge < -0.3 is 20.2 Å². The number of halogens is 1.